The molecule has 3 rings (SSSR count). The first kappa shape index (κ1) is 14.0. The molecule has 0 unspecified atom stereocenters. The zero-order valence-corrected chi connectivity index (χ0v) is 12.7. The maximum Gasteiger partial charge on any atom is 0.262 e. The van der Waals surface area contributed by atoms with Crippen molar-refractivity contribution in [3.05, 3.63) is 30.2 Å². The van der Waals surface area contributed by atoms with Gasteiger partial charge in [-0.25, -0.2) is 13.1 Å². The average Bonchev–Trinajstić information content (AvgIpc) is 3.08. The van der Waals surface area contributed by atoms with Crippen LogP contribution < -0.4 is 0 Å². The molecule has 0 radical (unpaired) electrons. The normalized spacial score (nSPS) is 17.0. The predicted octanol–water partition coefficient (Wildman–Crippen LogP) is 0.0266. The summed E-state index contributed by atoms with van der Waals surface area (Å²) in [5.74, 6) is 0. The van der Waals surface area contributed by atoms with E-state index in [2.05, 4.69) is 21.5 Å². The molecule has 0 spiro atoms. The van der Waals surface area contributed by atoms with Crippen molar-refractivity contribution in [3.63, 3.8) is 0 Å². The summed E-state index contributed by atoms with van der Waals surface area (Å²) in [7, 11) is -0.173. The Kier molecular flexibility index (Phi) is 3.38. The van der Waals surface area contributed by atoms with Gasteiger partial charge in [0.25, 0.3) is 10.0 Å². The van der Waals surface area contributed by atoms with Crippen LogP contribution in [0.1, 0.15) is 12.0 Å². The Morgan fingerprint density at radius 1 is 1.24 bits per heavy atom. The second kappa shape index (κ2) is 5.08. The monoisotopic (exact) mass is 308 g/mol. The Balaban J connectivity index is 1.89. The molecule has 0 N–H and O–H groups in total. The molecule has 0 saturated heterocycles. The van der Waals surface area contributed by atoms with Crippen LogP contribution >= 0.6 is 0 Å². The third kappa shape index (κ3) is 2.49. The molecule has 0 fully saturated rings. The molecule has 0 amide bonds. The minimum Gasteiger partial charge on any atom is -0.275 e. The highest BCUT2D eigenvalue weighted by molar-refractivity contribution is 7.89. The van der Waals surface area contributed by atoms with E-state index >= 15 is 0 Å². The van der Waals surface area contributed by atoms with Gasteiger partial charge in [-0.2, -0.15) is 9.40 Å². The van der Waals surface area contributed by atoms with Crippen LogP contribution in [0.3, 0.4) is 0 Å². The number of hydrogen-bond donors (Lipinski definition) is 0. The van der Waals surface area contributed by atoms with Crippen molar-refractivity contribution in [1.82, 2.24) is 29.1 Å². The number of nitrogens with zero attached hydrogens (tertiary/aromatic N) is 6. The summed E-state index contributed by atoms with van der Waals surface area (Å²) >= 11 is 0. The number of aromatic nitrogens is 5. The summed E-state index contributed by atoms with van der Waals surface area (Å²) < 4.78 is 29.7. The van der Waals surface area contributed by atoms with Gasteiger partial charge in [0.15, 0.2) is 5.03 Å². The standard InChI is InChI=1S/C12H16N6O2S/c1-16-8-11(6-14-16)10-4-3-5-18(9-10)21(19,20)12-7-13-15-17(12)2/h4,6-8H,3,5,9H2,1-2H3. The SMILES string of the molecule is Cn1cc(C2=CCCN(S(=O)(=O)c3cnnn3C)C2)cn1. The molecule has 9 heteroatoms. The van der Waals surface area contributed by atoms with E-state index in [1.54, 1.807) is 17.9 Å². The fraction of sp³-hybridized carbons (Fsp3) is 0.417. The second-order valence-corrected chi connectivity index (χ2v) is 6.84. The predicted molar refractivity (Wildman–Crippen MR) is 75.6 cm³/mol. The second-order valence-electron chi connectivity index (χ2n) is 4.96. The lowest BCUT2D eigenvalue weighted by Gasteiger charge is -2.25. The molecular weight excluding hydrogens is 292 g/mol. The van der Waals surface area contributed by atoms with Crippen molar-refractivity contribution in [2.45, 2.75) is 11.4 Å². The topological polar surface area (TPSA) is 85.9 Å². The van der Waals surface area contributed by atoms with Gasteiger partial charge < -0.3 is 0 Å². The average molecular weight is 308 g/mol. The van der Waals surface area contributed by atoms with Crippen LogP contribution in [0.5, 0.6) is 0 Å². The quantitative estimate of drug-likeness (QED) is 0.798. The first-order valence-corrected chi connectivity index (χ1v) is 7.95. The van der Waals surface area contributed by atoms with Crippen LogP contribution in [0.25, 0.3) is 5.57 Å². The van der Waals surface area contributed by atoms with Gasteiger partial charge in [-0.3, -0.25) is 4.68 Å². The lowest BCUT2D eigenvalue weighted by Crippen LogP contribution is -2.36. The minimum absolute atomic E-state index is 0.106. The smallest absolute Gasteiger partial charge is 0.262 e. The van der Waals surface area contributed by atoms with E-state index in [4.69, 9.17) is 0 Å². The third-order valence-corrected chi connectivity index (χ3v) is 5.36. The molecule has 0 aliphatic carbocycles. The fourth-order valence-electron chi connectivity index (χ4n) is 2.36. The Morgan fingerprint density at radius 3 is 2.67 bits per heavy atom. The highest BCUT2D eigenvalue weighted by Crippen LogP contribution is 2.24. The third-order valence-electron chi connectivity index (χ3n) is 3.47. The van der Waals surface area contributed by atoms with Crippen LogP contribution in [0, 0.1) is 0 Å². The summed E-state index contributed by atoms with van der Waals surface area (Å²) in [6.45, 7) is 0.788. The van der Waals surface area contributed by atoms with Crippen molar-refractivity contribution in [1.29, 1.82) is 0 Å². The molecule has 0 bridgehead atoms. The zero-order valence-electron chi connectivity index (χ0n) is 11.8. The number of rotatable bonds is 3. The van der Waals surface area contributed by atoms with E-state index in [1.165, 1.54) is 15.2 Å². The molecule has 0 saturated carbocycles. The number of sulfonamides is 1. The van der Waals surface area contributed by atoms with Gasteiger partial charge in [-0.1, -0.05) is 11.3 Å². The Bertz CT molecular complexity index is 788. The summed E-state index contributed by atoms with van der Waals surface area (Å²) in [6.07, 6.45) is 7.64. The van der Waals surface area contributed by atoms with Crippen molar-refractivity contribution in [3.8, 4) is 0 Å². The van der Waals surface area contributed by atoms with Gasteiger partial charge in [0, 0.05) is 38.9 Å². The molecular formula is C12H16N6O2S. The van der Waals surface area contributed by atoms with Gasteiger partial charge in [0.2, 0.25) is 0 Å². The molecule has 1 aliphatic rings. The lowest BCUT2D eigenvalue weighted by molar-refractivity contribution is 0.435. The van der Waals surface area contributed by atoms with Crippen LogP contribution in [0.2, 0.25) is 0 Å². The van der Waals surface area contributed by atoms with Gasteiger partial charge in [-0.15, -0.1) is 5.10 Å². The Hall–Kier alpha value is -2.00. The molecule has 8 nitrogen and oxygen atoms in total. The molecule has 0 atom stereocenters. The Morgan fingerprint density at radius 2 is 2.05 bits per heavy atom. The van der Waals surface area contributed by atoms with E-state index in [1.807, 2.05) is 13.2 Å². The van der Waals surface area contributed by atoms with Crippen LogP contribution in [-0.2, 0) is 24.1 Å². The van der Waals surface area contributed by atoms with Crippen molar-refractivity contribution >= 4 is 15.6 Å². The van der Waals surface area contributed by atoms with Crippen LogP contribution in [0.15, 0.2) is 29.7 Å². The maximum absolute atomic E-state index is 12.6. The van der Waals surface area contributed by atoms with Crippen LogP contribution in [0.4, 0.5) is 0 Å². The first-order valence-electron chi connectivity index (χ1n) is 6.51. The minimum atomic E-state index is -3.58. The zero-order chi connectivity index (χ0) is 15.0. The first-order chi connectivity index (χ1) is 9.98. The summed E-state index contributed by atoms with van der Waals surface area (Å²) in [4.78, 5) is 0. The largest absolute Gasteiger partial charge is 0.275 e. The van der Waals surface area contributed by atoms with E-state index in [0.717, 1.165) is 11.1 Å². The van der Waals surface area contributed by atoms with Crippen molar-refractivity contribution < 1.29 is 8.42 Å². The molecule has 3 heterocycles. The Labute approximate surface area is 122 Å². The van der Waals surface area contributed by atoms with Gasteiger partial charge in [0.05, 0.1) is 12.4 Å². The highest BCUT2D eigenvalue weighted by Gasteiger charge is 2.30. The van der Waals surface area contributed by atoms with Crippen molar-refractivity contribution in [2.24, 2.45) is 14.1 Å². The lowest BCUT2D eigenvalue weighted by atomic mass is 10.1. The van der Waals surface area contributed by atoms with E-state index in [9.17, 15) is 8.42 Å². The molecule has 0 aromatic carbocycles. The van der Waals surface area contributed by atoms with Gasteiger partial charge in [-0.05, 0) is 12.0 Å². The van der Waals surface area contributed by atoms with E-state index in [0.29, 0.717) is 19.5 Å². The highest BCUT2D eigenvalue weighted by atomic mass is 32.2. The molecule has 2 aromatic heterocycles. The van der Waals surface area contributed by atoms with E-state index < -0.39 is 10.0 Å². The maximum atomic E-state index is 12.6. The molecule has 21 heavy (non-hydrogen) atoms. The number of hydrogen-bond acceptors (Lipinski definition) is 5. The molecule has 2 aromatic rings. The van der Waals surface area contributed by atoms with Crippen molar-refractivity contribution in [2.75, 3.05) is 13.1 Å². The summed E-state index contributed by atoms with van der Waals surface area (Å²) in [5, 5.41) is 11.6. The molecule has 112 valence electrons. The number of aryl methyl sites for hydroxylation is 2. The van der Waals surface area contributed by atoms with Gasteiger partial charge in [0.1, 0.15) is 0 Å². The summed E-state index contributed by atoms with van der Waals surface area (Å²) in [6, 6.07) is 0. The van der Waals surface area contributed by atoms with E-state index in [-0.39, 0.29) is 5.03 Å². The fourth-order valence-corrected chi connectivity index (χ4v) is 3.83. The van der Waals surface area contributed by atoms with Crippen LogP contribution in [-0.4, -0.2) is 50.6 Å². The van der Waals surface area contributed by atoms with Gasteiger partial charge >= 0.3 is 0 Å². The summed E-state index contributed by atoms with van der Waals surface area (Å²) in [5.41, 5.74) is 1.91. The molecule has 1 aliphatic heterocycles.